The van der Waals surface area contributed by atoms with E-state index in [2.05, 4.69) is 42.7 Å². The van der Waals surface area contributed by atoms with E-state index in [0.29, 0.717) is 18.1 Å². The van der Waals surface area contributed by atoms with Gasteiger partial charge in [-0.1, -0.05) is 50.8 Å². The van der Waals surface area contributed by atoms with Crippen molar-refractivity contribution >= 4 is 5.78 Å². The number of carbonyl (C=O) groups is 1. The van der Waals surface area contributed by atoms with Crippen molar-refractivity contribution in [3.05, 3.63) is 48.2 Å². The molecule has 2 heteroatoms. The molecule has 0 radical (unpaired) electrons. The van der Waals surface area contributed by atoms with E-state index < -0.39 is 0 Å². The molecule has 1 saturated heterocycles. The van der Waals surface area contributed by atoms with Crippen LogP contribution in [-0.2, 0) is 4.79 Å². The van der Waals surface area contributed by atoms with Gasteiger partial charge in [0.05, 0.1) is 6.04 Å². The van der Waals surface area contributed by atoms with Gasteiger partial charge in [0.25, 0.3) is 0 Å². The smallest absolute Gasteiger partial charge is 0.154 e. The zero-order valence-electron chi connectivity index (χ0n) is 11.9. The van der Waals surface area contributed by atoms with Gasteiger partial charge < -0.3 is 4.90 Å². The van der Waals surface area contributed by atoms with Gasteiger partial charge in [0.2, 0.25) is 0 Å². The van der Waals surface area contributed by atoms with E-state index >= 15 is 0 Å². The van der Waals surface area contributed by atoms with Crippen molar-refractivity contribution in [3.8, 4) is 0 Å². The van der Waals surface area contributed by atoms with Gasteiger partial charge in [0, 0.05) is 24.6 Å². The number of Topliss-reactive ketones (excluding diaryl/α,β-unsaturated/α-hetero) is 1. The van der Waals surface area contributed by atoms with E-state index in [-0.39, 0.29) is 6.04 Å². The van der Waals surface area contributed by atoms with Crippen LogP contribution in [0, 0.1) is 0 Å². The summed E-state index contributed by atoms with van der Waals surface area (Å²) in [6.07, 6.45) is 2.45. The Labute approximate surface area is 116 Å². The summed E-state index contributed by atoms with van der Waals surface area (Å²) < 4.78 is 0. The molecule has 102 valence electrons. The third-order valence-corrected chi connectivity index (χ3v) is 4.11. The summed E-state index contributed by atoms with van der Waals surface area (Å²) in [4.78, 5) is 14.4. The Bertz CT molecular complexity index is 428. The van der Waals surface area contributed by atoms with Crippen LogP contribution in [0.2, 0.25) is 0 Å². The summed E-state index contributed by atoms with van der Waals surface area (Å²) in [7, 11) is 0. The summed E-state index contributed by atoms with van der Waals surface area (Å²) in [5.74, 6) is 0.790. The highest BCUT2D eigenvalue weighted by Crippen LogP contribution is 2.35. The average molecular weight is 257 g/mol. The van der Waals surface area contributed by atoms with Crippen molar-refractivity contribution in [1.29, 1.82) is 0 Å². The minimum atomic E-state index is 0.0302. The van der Waals surface area contributed by atoms with Crippen LogP contribution in [0.3, 0.4) is 0 Å². The highest BCUT2D eigenvalue weighted by molar-refractivity contribution is 5.84. The van der Waals surface area contributed by atoms with Gasteiger partial charge in [0.1, 0.15) is 0 Å². The maximum atomic E-state index is 12.1. The Morgan fingerprint density at radius 1 is 1.26 bits per heavy atom. The Morgan fingerprint density at radius 3 is 2.53 bits per heavy atom. The first-order valence-electron chi connectivity index (χ1n) is 7.19. The first-order valence-corrected chi connectivity index (χ1v) is 7.19. The van der Waals surface area contributed by atoms with Crippen LogP contribution in [0.1, 0.15) is 44.6 Å². The molecule has 2 nitrogen and oxygen atoms in total. The second-order valence-electron chi connectivity index (χ2n) is 5.25. The van der Waals surface area contributed by atoms with Gasteiger partial charge in [-0.15, -0.1) is 0 Å². The normalized spacial score (nSPS) is 22.5. The topological polar surface area (TPSA) is 20.3 Å². The van der Waals surface area contributed by atoms with E-state index in [4.69, 9.17) is 0 Å². The zero-order chi connectivity index (χ0) is 13.8. The molecule has 0 saturated carbocycles. The fourth-order valence-corrected chi connectivity index (χ4v) is 2.90. The molecule has 2 atom stereocenters. The third kappa shape index (κ3) is 2.89. The van der Waals surface area contributed by atoms with Gasteiger partial charge in [0.15, 0.2) is 5.78 Å². The largest absolute Gasteiger partial charge is 0.365 e. The number of hydrogen-bond donors (Lipinski definition) is 0. The van der Waals surface area contributed by atoms with Crippen LogP contribution in [0.5, 0.6) is 0 Å². The molecule has 2 rings (SSSR count). The van der Waals surface area contributed by atoms with Gasteiger partial charge in [-0.05, 0) is 18.4 Å². The molecule has 0 aliphatic carbocycles. The van der Waals surface area contributed by atoms with Crippen LogP contribution in [0.15, 0.2) is 42.6 Å². The lowest BCUT2D eigenvalue weighted by atomic mass is 9.95. The average Bonchev–Trinajstić information content (AvgIpc) is 2.91. The number of allylic oxidation sites excluding steroid dienone is 1. The number of ketones is 1. The van der Waals surface area contributed by atoms with E-state index in [0.717, 1.165) is 25.1 Å². The number of hydrogen-bond acceptors (Lipinski definition) is 2. The first kappa shape index (κ1) is 13.9. The Hall–Kier alpha value is -1.57. The fraction of sp³-hybridized carbons (Fsp3) is 0.471. The third-order valence-electron chi connectivity index (χ3n) is 4.11. The molecule has 1 aromatic rings. The maximum absolute atomic E-state index is 12.1. The fourth-order valence-electron chi connectivity index (χ4n) is 2.90. The predicted octanol–water partition coefficient (Wildman–Crippen LogP) is 3.75. The van der Waals surface area contributed by atoms with E-state index in [1.165, 1.54) is 5.56 Å². The molecule has 1 aliphatic heterocycles. The zero-order valence-corrected chi connectivity index (χ0v) is 11.9. The summed E-state index contributed by atoms with van der Waals surface area (Å²) in [5, 5.41) is 0. The number of carbonyl (C=O) groups excluding carboxylic acids is 1. The monoisotopic (exact) mass is 257 g/mol. The van der Waals surface area contributed by atoms with Crippen LogP contribution in [0.4, 0.5) is 0 Å². The van der Waals surface area contributed by atoms with Crippen molar-refractivity contribution < 1.29 is 4.79 Å². The summed E-state index contributed by atoms with van der Waals surface area (Å²) in [5.41, 5.74) is 2.42. The minimum Gasteiger partial charge on any atom is -0.365 e. The summed E-state index contributed by atoms with van der Waals surface area (Å²) in [6, 6.07) is 10.5. The number of nitrogens with zero attached hydrogens (tertiary/aromatic N) is 1. The Morgan fingerprint density at radius 2 is 1.95 bits per heavy atom. The molecule has 0 spiro atoms. The number of likely N-dealkylation sites (tertiary alicyclic amines) is 1. The predicted molar refractivity (Wildman–Crippen MR) is 79.0 cm³/mol. The lowest BCUT2D eigenvalue weighted by Gasteiger charge is -2.26. The van der Waals surface area contributed by atoms with Crippen LogP contribution >= 0.6 is 0 Å². The molecular weight excluding hydrogens is 234 g/mol. The van der Waals surface area contributed by atoms with Crippen molar-refractivity contribution in [2.24, 2.45) is 0 Å². The van der Waals surface area contributed by atoms with E-state index in [1.807, 2.05) is 13.0 Å². The molecule has 0 aromatic heterocycles. The number of benzene rings is 1. The standard InChI is InChI=1S/C17H23NO/c1-4-13(3)18-12-15(11-16(18)17(19)5-2)14-9-7-6-8-10-14/h6-10,15-16H,3-5,11-12H2,1-2H3/t15?,16-/m0/s1. The highest BCUT2D eigenvalue weighted by Gasteiger charge is 2.36. The van der Waals surface area contributed by atoms with Gasteiger partial charge in [-0.2, -0.15) is 0 Å². The minimum absolute atomic E-state index is 0.0302. The van der Waals surface area contributed by atoms with Crippen molar-refractivity contribution in [2.75, 3.05) is 6.54 Å². The molecule has 0 bridgehead atoms. The Balaban J connectivity index is 2.20. The molecule has 0 N–H and O–H groups in total. The van der Waals surface area contributed by atoms with Crippen LogP contribution < -0.4 is 0 Å². The second kappa shape index (κ2) is 6.05. The first-order chi connectivity index (χ1) is 9.17. The van der Waals surface area contributed by atoms with E-state index in [9.17, 15) is 4.79 Å². The molecule has 19 heavy (non-hydrogen) atoms. The Kier molecular flexibility index (Phi) is 4.41. The molecule has 0 amide bonds. The van der Waals surface area contributed by atoms with Gasteiger partial charge in [-0.25, -0.2) is 0 Å². The number of rotatable bonds is 5. The highest BCUT2D eigenvalue weighted by atomic mass is 16.1. The van der Waals surface area contributed by atoms with Crippen LogP contribution in [-0.4, -0.2) is 23.3 Å². The molecule has 1 heterocycles. The molecular formula is C17H23NO. The summed E-state index contributed by atoms with van der Waals surface area (Å²) >= 11 is 0. The second-order valence-corrected chi connectivity index (χ2v) is 5.25. The molecule has 1 aliphatic rings. The lowest BCUT2D eigenvalue weighted by molar-refractivity contribution is -0.122. The maximum Gasteiger partial charge on any atom is 0.154 e. The molecule has 1 unspecified atom stereocenters. The van der Waals surface area contributed by atoms with Crippen LogP contribution in [0.25, 0.3) is 0 Å². The lowest BCUT2D eigenvalue weighted by Crippen LogP contribution is -2.34. The van der Waals surface area contributed by atoms with E-state index in [1.54, 1.807) is 0 Å². The van der Waals surface area contributed by atoms with Crippen molar-refractivity contribution in [1.82, 2.24) is 4.90 Å². The van der Waals surface area contributed by atoms with Gasteiger partial charge in [-0.3, -0.25) is 4.79 Å². The quantitative estimate of drug-likeness (QED) is 0.800. The summed E-state index contributed by atoms with van der Waals surface area (Å²) in [6.45, 7) is 9.10. The molecule has 1 fully saturated rings. The van der Waals surface area contributed by atoms with Crippen molar-refractivity contribution in [3.63, 3.8) is 0 Å². The SMILES string of the molecule is C=C(CC)N1CC(c2ccccc2)C[C@H]1C(=O)CC. The van der Waals surface area contributed by atoms with Gasteiger partial charge >= 0.3 is 0 Å². The molecule has 1 aromatic carbocycles. The van der Waals surface area contributed by atoms with Crippen molar-refractivity contribution in [2.45, 2.75) is 45.1 Å².